The van der Waals surface area contributed by atoms with Crippen molar-refractivity contribution >= 4 is 40.4 Å². The Morgan fingerprint density at radius 3 is 2.68 bits per heavy atom. The lowest BCUT2D eigenvalue weighted by Crippen LogP contribution is -2.39. The van der Waals surface area contributed by atoms with Crippen LogP contribution in [0.15, 0.2) is 33.7 Å². The maximum Gasteiger partial charge on any atom is 0.181 e. The Labute approximate surface area is 120 Å². The Morgan fingerprint density at radius 2 is 2.05 bits per heavy atom. The molecular weight excluding hydrogens is 322 g/mol. The van der Waals surface area contributed by atoms with Crippen molar-refractivity contribution in [3.05, 3.63) is 29.3 Å². The fourth-order valence-electron chi connectivity index (χ4n) is 2.20. The van der Waals surface area contributed by atoms with Crippen LogP contribution in [-0.4, -0.2) is 23.0 Å². The monoisotopic (exact) mass is 335 g/mol. The SMILES string of the molecule is C[Si](C)(C)c1[nH]c2ncc(Br)cc2c1-c1cnco1. The topological polar surface area (TPSA) is 54.7 Å². The highest BCUT2D eigenvalue weighted by molar-refractivity contribution is 9.10. The zero-order valence-corrected chi connectivity index (χ0v) is 13.6. The summed E-state index contributed by atoms with van der Waals surface area (Å²) in [5.74, 6) is 0.795. The number of fused-ring (bicyclic) bond motifs is 1. The van der Waals surface area contributed by atoms with Crippen molar-refractivity contribution in [2.45, 2.75) is 19.6 Å². The van der Waals surface area contributed by atoms with Gasteiger partial charge in [-0.25, -0.2) is 9.97 Å². The predicted octanol–water partition coefficient (Wildman–Crippen LogP) is 3.53. The van der Waals surface area contributed by atoms with E-state index in [9.17, 15) is 0 Å². The lowest BCUT2D eigenvalue weighted by atomic mass is 10.2. The number of rotatable bonds is 2. The number of nitrogens with zero attached hydrogens (tertiary/aromatic N) is 2. The summed E-state index contributed by atoms with van der Waals surface area (Å²) in [7, 11) is -1.53. The summed E-state index contributed by atoms with van der Waals surface area (Å²) in [4.78, 5) is 11.9. The van der Waals surface area contributed by atoms with Crippen LogP contribution in [0.3, 0.4) is 0 Å². The van der Waals surface area contributed by atoms with E-state index >= 15 is 0 Å². The average Bonchev–Trinajstić information content (AvgIpc) is 2.92. The average molecular weight is 336 g/mol. The Hall–Kier alpha value is -1.40. The van der Waals surface area contributed by atoms with E-state index < -0.39 is 8.07 Å². The van der Waals surface area contributed by atoms with Crippen LogP contribution in [0.4, 0.5) is 0 Å². The van der Waals surface area contributed by atoms with Crippen molar-refractivity contribution in [1.82, 2.24) is 15.0 Å². The molecule has 3 aromatic heterocycles. The minimum atomic E-state index is -1.53. The highest BCUT2D eigenvalue weighted by atomic mass is 79.9. The van der Waals surface area contributed by atoms with E-state index in [-0.39, 0.29) is 0 Å². The Morgan fingerprint density at radius 1 is 1.26 bits per heavy atom. The number of aromatic nitrogens is 3. The fourth-order valence-corrected chi connectivity index (χ4v) is 4.04. The van der Waals surface area contributed by atoms with Crippen molar-refractivity contribution in [3.63, 3.8) is 0 Å². The highest BCUT2D eigenvalue weighted by Crippen LogP contribution is 2.29. The molecule has 3 aromatic rings. The molecule has 3 rings (SSSR count). The van der Waals surface area contributed by atoms with E-state index in [1.165, 1.54) is 11.7 Å². The van der Waals surface area contributed by atoms with Crippen LogP contribution in [0, 0.1) is 0 Å². The van der Waals surface area contributed by atoms with Gasteiger partial charge >= 0.3 is 0 Å². The second kappa shape index (κ2) is 4.31. The van der Waals surface area contributed by atoms with Crippen molar-refractivity contribution in [3.8, 4) is 11.3 Å². The van der Waals surface area contributed by atoms with Gasteiger partial charge in [-0.15, -0.1) is 0 Å². The molecule has 19 heavy (non-hydrogen) atoms. The van der Waals surface area contributed by atoms with Crippen LogP contribution in [0.5, 0.6) is 0 Å². The van der Waals surface area contributed by atoms with Gasteiger partial charge in [0.05, 0.1) is 14.3 Å². The number of hydrogen-bond donors (Lipinski definition) is 1. The van der Waals surface area contributed by atoms with Gasteiger partial charge in [0.25, 0.3) is 0 Å². The number of H-pyrrole nitrogens is 1. The van der Waals surface area contributed by atoms with Crippen molar-refractivity contribution in [2.75, 3.05) is 0 Å². The third-order valence-corrected chi connectivity index (χ3v) is 5.35. The standard InChI is InChI=1S/C13H14BrN3OSi/c1-19(2,3)13-11(10-6-15-7-18-10)9-4-8(14)5-16-12(9)17-13/h4-7H,1-3H3,(H,16,17). The molecule has 0 spiro atoms. The molecular formula is C13H14BrN3OSi. The van der Waals surface area contributed by atoms with Gasteiger partial charge in [-0.2, -0.15) is 0 Å². The lowest BCUT2D eigenvalue weighted by Gasteiger charge is -2.15. The maximum atomic E-state index is 5.51. The van der Waals surface area contributed by atoms with E-state index in [1.807, 2.05) is 0 Å². The quantitative estimate of drug-likeness (QED) is 0.729. The molecule has 0 atom stereocenters. The molecule has 6 heteroatoms. The molecule has 98 valence electrons. The summed E-state index contributed by atoms with van der Waals surface area (Å²) in [5.41, 5.74) is 1.99. The van der Waals surface area contributed by atoms with Crippen molar-refractivity contribution in [2.24, 2.45) is 0 Å². The van der Waals surface area contributed by atoms with E-state index in [2.05, 4.69) is 56.6 Å². The summed E-state index contributed by atoms with van der Waals surface area (Å²) in [6.07, 6.45) is 5.03. The number of oxazole rings is 1. The second-order valence-corrected chi connectivity index (χ2v) is 11.5. The summed E-state index contributed by atoms with van der Waals surface area (Å²) >= 11 is 3.48. The predicted molar refractivity (Wildman–Crippen MR) is 82.3 cm³/mol. The fraction of sp³-hybridized carbons (Fsp3) is 0.231. The van der Waals surface area contributed by atoms with Gasteiger partial charge in [0.2, 0.25) is 0 Å². The minimum absolute atomic E-state index is 0.795. The van der Waals surface area contributed by atoms with Crippen LogP contribution in [0.25, 0.3) is 22.4 Å². The summed E-state index contributed by atoms with van der Waals surface area (Å²) < 4.78 is 6.47. The molecule has 0 radical (unpaired) electrons. The van der Waals surface area contributed by atoms with E-state index in [4.69, 9.17) is 4.42 Å². The molecule has 1 N–H and O–H groups in total. The Kier molecular flexibility index (Phi) is 2.86. The summed E-state index contributed by atoms with van der Waals surface area (Å²) in [6, 6.07) is 2.07. The molecule has 0 aliphatic rings. The molecule has 0 aromatic carbocycles. The molecule has 0 saturated carbocycles. The third-order valence-electron chi connectivity index (χ3n) is 3.05. The van der Waals surface area contributed by atoms with Gasteiger partial charge in [-0.05, 0) is 22.0 Å². The van der Waals surface area contributed by atoms with Gasteiger partial charge in [0.15, 0.2) is 12.2 Å². The zero-order chi connectivity index (χ0) is 13.6. The van der Waals surface area contributed by atoms with Crippen LogP contribution < -0.4 is 5.32 Å². The largest absolute Gasteiger partial charge is 0.443 e. The van der Waals surface area contributed by atoms with Crippen LogP contribution >= 0.6 is 15.9 Å². The van der Waals surface area contributed by atoms with Gasteiger partial charge in [0, 0.05) is 26.9 Å². The zero-order valence-electron chi connectivity index (χ0n) is 11.0. The molecule has 0 aliphatic heterocycles. The lowest BCUT2D eigenvalue weighted by molar-refractivity contribution is 0.573. The molecule has 0 unspecified atom stereocenters. The molecule has 0 aliphatic carbocycles. The first-order chi connectivity index (χ1) is 8.97. The molecule has 0 bridgehead atoms. The van der Waals surface area contributed by atoms with Gasteiger partial charge < -0.3 is 9.40 Å². The normalized spacial score (nSPS) is 12.2. The van der Waals surface area contributed by atoms with Crippen LogP contribution in [-0.2, 0) is 0 Å². The molecule has 0 amide bonds. The Bertz CT molecular complexity index is 728. The first-order valence-corrected chi connectivity index (χ1v) is 10.3. The number of hydrogen-bond acceptors (Lipinski definition) is 3. The van der Waals surface area contributed by atoms with E-state index in [0.717, 1.165) is 26.8 Å². The molecule has 0 saturated heterocycles. The number of pyridine rings is 1. The molecule has 4 nitrogen and oxygen atoms in total. The minimum Gasteiger partial charge on any atom is -0.443 e. The van der Waals surface area contributed by atoms with E-state index in [0.29, 0.717) is 0 Å². The highest BCUT2D eigenvalue weighted by Gasteiger charge is 2.27. The first-order valence-electron chi connectivity index (χ1n) is 6.03. The number of nitrogens with one attached hydrogen (secondary N) is 1. The van der Waals surface area contributed by atoms with Gasteiger partial charge in [-0.3, -0.25) is 0 Å². The number of aromatic amines is 1. The summed E-state index contributed by atoms with van der Waals surface area (Å²) in [5, 5.41) is 2.31. The third kappa shape index (κ3) is 2.15. The smallest absolute Gasteiger partial charge is 0.181 e. The van der Waals surface area contributed by atoms with Crippen LogP contribution in [0.1, 0.15) is 0 Å². The Balaban J connectivity index is 2.40. The van der Waals surface area contributed by atoms with Gasteiger partial charge in [0.1, 0.15) is 5.65 Å². The first kappa shape index (κ1) is 12.6. The molecule has 3 heterocycles. The summed E-state index contributed by atoms with van der Waals surface area (Å²) in [6.45, 7) is 6.89. The van der Waals surface area contributed by atoms with Crippen molar-refractivity contribution in [1.29, 1.82) is 0 Å². The second-order valence-electron chi connectivity index (χ2n) is 5.54. The number of halogens is 1. The van der Waals surface area contributed by atoms with E-state index in [1.54, 1.807) is 12.4 Å². The molecule has 0 fully saturated rings. The van der Waals surface area contributed by atoms with Gasteiger partial charge in [-0.1, -0.05) is 19.6 Å². The van der Waals surface area contributed by atoms with Crippen molar-refractivity contribution < 1.29 is 4.42 Å². The maximum absolute atomic E-state index is 5.51. The van der Waals surface area contributed by atoms with Crippen LogP contribution in [0.2, 0.25) is 19.6 Å².